The Balaban J connectivity index is 1.64. The largest absolute Gasteiger partial charge is 0.328 e. The summed E-state index contributed by atoms with van der Waals surface area (Å²) in [5.41, 5.74) is 7.21. The van der Waals surface area contributed by atoms with E-state index < -0.39 is 28.7 Å². The molecule has 3 aromatic rings. The Morgan fingerprint density at radius 3 is 2.48 bits per heavy atom. The number of nitrogens with two attached hydrogens (primary N) is 1. The van der Waals surface area contributed by atoms with E-state index in [1.165, 1.54) is 13.0 Å². The lowest BCUT2D eigenvalue weighted by Crippen LogP contribution is -2.31. The first-order valence-corrected chi connectivity index (χ1v) is 11.1. The van der Waals surface area contributed by atoms with Gasteiger partial charge in [0.2, 0.25) is 0 Å². The van der Waals surface area contributed by atoms with Crippen LogP contribution in [0.5, 0.6) is 0 Å². The number of carbonyl (C=O) groups is 1. The lowest BCUT2D eigenvalue weighted by Gasteiger charge is -2.32. The van der Waals surface area contributed by atoms with E-state index in [9.17, 15) is 18.0 Å². The van der Waals surface area contributed by atoms with Gasteiger partial charge in [-0.3, -0.25) is 9.78 Å². The predicted octanol–water partition coefficient (Wildman–Crippen LogP) is 5.53. The number of carbonyl (C=O) groups excluding carboxylic acids is 1. The highest BCUT2D eigenvalue weighted by atomic mass is 19.1. The second-order valence-electron chi connectivity index (χ2n) is 9.07. The third-order valence-electron chi connectivity index (χ3n) is 6.27. The summed E-state index contributed by atoms with van der Waals surface area (Å²) in [5, 5.41) is 0. The molecule has 1 aliphatic rings. The van der Waals surface area contributed by atoms with E-state index in [-0.39, 0.29) is 29.9 Å². The summed E-state index contributed by atoms with van der Waals surface area (Å²) in [4.78, 5) is 21.3. The average Bonchev–Trinajstić information content (AvgIpc) is 2.74. The highest BCUT2D eigenvalue weighted by molar-refractivity contribution is 5.96. The molecule has 1 aliphatic carbocycles. The van der Waals surface area contributed by atoms with Crippen molar-refractivity contribution in [3.8, 4) is 11.3 Å². The number of nitrogens with zero attached hydrogens (tertiary/aromatic N) is 2. The van der Waals surface area contributed by atoms with E-state index in [0.717, 1.165) is 48.6 Å². The third-order valence-corrected chi connectivity index (χ3v) is 6.27. The van der Waals surface area contributed by atoms with Gasteiger partial charge in [0.15, 0.2) is 5.78 Å². The summed E-state index contributed by atoms with van der Waals surface area (Å²) in [6, 6.07) is 6.48. The number of aromatic nitrogens is 2. The van der Waals surface area contributed by atoms with E-state index >= 15 is 0 Å². The summed E-state index contributed by atoms with van der Waals surface area (Å²) in [7, 11) is 0. The smallest absolute Gasteiger partial charge is 0.185 e. The normalized spacial score (nSPS) is 20.6. The quantitative estimate of drug-likeness (QED) is 0.516. The van der Waals surface area contributed by atoms with E-state index in [0.29, 0.717) is 11.5 Å². The molecule has 0 aliphatic heterocycles. The molecule has 1 fully saturated rings. The highest BCUT2D eigenvalue weighted by Crippen LogP contribution is 2.37. The molecule has 2 N–H and O–H groups in total. The van der Waals surface area contributed by atoms with Crippen molar-refractivity contribution in [3.63, 3.8) is 0 Å². The minimum Gasteiger partial charge on any atom is -0.328 e. The molecule has 2 aromatic heterocycles. The summed E-state index contributed by atoms with van der Waals surface area (Å²) < 4.78 is 43.3. The van der Waals surface area contributed by atoms with Crippen molar-refractivity contribution in [2.24, 2.45) is 11.7 Å². The van der Waals surface area contributed by atoms with Crippen LogP contribution in [-0.4, -0.2) is 21.8 Å². The fraction of sp³-hybridized carbons (Fsp3) is 0.346. The highest BCUT2D eigenvalue weighted by Gasteiger charge is 2.28. The monoisotopic (exact) mass is 453 g/mol. The molecular weight excluding hydrogens is 427 g/mol. The molecule has 1 saturated carbocycles. The van der Waals surface area contributed by atoms with Crippen LogP contribution in [0.2, 0.25) is 0 Å². The molecule has 4 rings (SSSR count). The second kappa shape index (κ2) is 9.43. The first-order valence-electron chi connectivity index (χ1n) is 11.1. The van der Waals surface area contributed by atoms with Crippen LogP contribution in [0.3, 0.4) is 0 Å². The first-order chi connectivity index (χ1) is 15.7. The average molecular weight is 454 g/mol. The van der Waals surface area contributed by atoms with Crippen molar-refractivity contribution in [3.05, 3.63) is 82.6 Å². The predicted molar refractivity (Wildman–Crippen MR) is 120 cm³/mol. The zero-order valence-corrected chi connectivity index (χ0v) is 18.6. The second-order valence-corrected chi connectivity index (χ2v) is 9.07. The number of hydrogen-bond acceptors (Lipinski definition) is 4. The zero-order valence-electron chi connectivity index (χ0n) is 18.6. The molecule has 0 saturated heterocycles. The summed E-state index contributed by atoms with van der Waals surface area (Å²) in [6.45, 7) is 3.70. The van der Waals surface area contributed by atoms with E-state index in [1.54, 1.807) is 12.4 Å². The van der Waals surface area contributed by atoms with Gasteiger partial charge in [-0.1, -0.05) is 6.92 Å². The van der Waals surface area contributed by atoms with Gasteiger partial charge in [-0.25, -0.2) is 18.2 Å². The maximum absolute atomic E-state index is 14.5. The van der Waals surface area contributed by atoms with Gasteiger partial charge in [0.1, 0.15) is 28.8 Å². The Kier molecular flexibility index (Phi) is 6.61. The van der Waals surface area contributed by atoms with E-state index in [1.807, 2.05) is 6.07 Å². The SMILES string of the molecule is Cc1cc(F)c(-c2nc(C(=O)Cc3cnccc3[C@@H]3C[C@H](C)C[C@H](N)C3)ccc2F)c(F)c1. The molecule has 1 aromatic carbocycles. The van der Waals surface area contributed by atoms with Gasteiger partial charge in [-0.2, -0.15) is 0 Å². The number of Topliss-reactive ketones (excluding diaryl/α,β-unsaturated/α-hetero) is 1. The lowest BCUT2D eigenvalue weighted by molar-refractivity contribution is 0.0987. The van der Waals surface area contributed by atoms with Crippen LogP contribution < -0.4 is 5.73 Å². The minimum atomic E-state index is -0.930. The van der Waals surface area contributed by atoms with Crippen molar-refractivity contribution in [1.82, 2.24) is 9.97 Å². The Morgan fingerprint density at radius 2 is 1.79 bits per heavy atom. The molecule has 0 bridgehead atoms. The fourth-order valence-electron chi connectivity index (χ4n) is 4.86. The van der Waals surface area contributed by atoms with Gasteiger partial charge in [-0.15, -0.1) is 0 Å². The molecule has 0 radical (unpaired) electrons. The molecule has 0 amide bonds. The van der Waals surface area contributed by atoms with Gasteiger partial charge in [0.05, 0.1) is 5.56 Å². The van der Waals surface area contributed by atoms with Crippen molar-refractivity contribution in [1.29, 1.82) is 0 Å². The van der Waals surface area contributed by atoms with Gasteiger partial charge in [-0.05, 0) is 85.0 Å². The topological polar surface area (TPSA) is 68.9 Å². The van der Waals surface area contributed by atoms with E-state index in [4.69, 9.17) is 5.73 Å². The molecule has 4 nitrogen and oxygen atoms in total. The third kappa shape index (κ3) is 4.98. The molecular formula is C26H26F3N3O. The molecule has 2 heterocycles. The molecule has 33 heavy (non-hydrogen) atoms. The van der Waals surface area contributed by atoms with Crippen LogP contribution >= 0.6 is 0 Å². The Hall–Kier alpha value is -3.06. The van der Waals surface area contributed by atoms with Crippen LogP contribution in [-0.2, 0) is 6.42 Å². The van der Waals surface area contributed by atoms with Crippen LogP contribution in [0.15, 0.2) is 42.7 Å². The number of benzene rings is 1. The van der Waals surface area contributed by atoms with Gasteiger partial charge < -0.3 is 5.73 Å². The van der Waals surface area contributed by atoms with Gasteiger partial charge >= 0.3 is 0 Å². The minimum absolute atomic E-state index is 0.000225. The Bertz CT molecular complexity index is 1160. The van der Waals surface area contributed by atoms with Gasteiger partial charge in [0, 0.05) is 24.9 Å². The lowest BCUT2D eigenvalue weighted by atomic mass is 9.75. The zero-order chi connectivity index (χ0) is 23.7. The Morgan fingerprint density at radius 1 is 1.06 bits per heavy atom. The first kappa shape index (κ1) is 23.1. The van der Waals surface area contributed by atoms with Crippen LogP contribution in [0.4, 0.5) is 13.2 Å². The van der Waals surface area contributed by atoms with Crippen LogP contribution in [0.1, 0.15) is 59.3 Å². The van der Waals surface area contributed by atoms with E-state index in [2.05, 4.69) is 16.9 Å². The number of pyridine rings is 2. The van der Waals surface area contributed by atoms with Crippen molar-refractivity contribution >= 4 is 5.78 Å². The standard InChI is InChI=1S/C26H26F3N3O/c1-14-7-16(11-18(30)8-14)19-5-6-31-13-17(19)12-24(33)23-4-3-20(27)26(32-23)25-21(28)9-15(2)10-22(25)29/h3-6,9-10,13-14,16,18H,7-8,11-12,30H2,1-2H3/t14-,16+,18-/m0/s1. The molecule has 0 spiro atoms. The number of halogens is 3. The maximum Gasteiger partial charge on any atom is 0.185 e. The number of rotatable bonds is 5. The molecule has 172 valence electrons. The molecule has 0 unspecified atom stereocenters. The molecule has 3 atom stereocenters. The maximum atomic E-state index is 14.5. The fourth-order valence-corrected chi connectivity index (χ4v) is 4.86. The van der Waals surface area contributed by atoms with Crippen molar-refractivity contribution in [2.45, 2.75) is 51.5 Å². The number of hydrogen-bond donors (Lipinski definition) is 1. The summed E-state index contributed by atoms with van der Waals surface area (Å²) in [5.74, 6) is -2.44. The summed E-state index contributed by atoms with van der Waals surface area (Å²) >= 11 is 0. The van der Waals surface area contributed by atoms with Crippen molar-refractivity contribution < 1.29 is 18.0 Å². The van der Waals surface area contributed by atoms with Gasteiger partial charge in [0.25, 0.3) is 0 Å². The van der Waals surface area contributed by atoms with Crippen molar-refractivity contribution in [2.75, 3.05) is 0 Å². The number of aryl methyl sites for hydroxylation is 1. The summed E-state index contributed by atoms with van der Waals surface area (Å²) in [6.07, 6.45) is 6.14. The number of ketones is 1. The molecule has 7 heteroatoms. The Labute approximate surface area is 191 Å². The van der Waals surface area contributed by atoms with Crippen LogP contribution in [0, 0.1) is 30.3 Å². The van der Waals surface area contributed by atoms with Crippen LogP contribution in [0.25, 0.3) is 11.3 Å².